The Labute approximate surface area is 120 Å². The summed E-state index contributed by atoms with van der Waals surface area (Å²) in [7, 11) is -4.18. The normalized spacial score (nSPS) is 16.6. The highest BCUT2D eigenvalue weighted by Crippen LogP contribution is 2.34. The van der Waals surface area contributed by atoms with Crippen LogP contribution < -0.4 is 5.73 Å². The summed E-state index contributed by atoms with van der Waals surface area (Å²) in [6.45, 7) is -0.618. The van der Waals surface area contributed by atoms with Crippen LogP contribution in [0.15, 0.2) is 17.3 Å². The average Bonchev–Trinajstić information content (AvgIpc) is 3.10. The van der Waals surface area contributed by atoms with Crippen molar-refractivity contribution in [3.8, 4) is 0 Å². The fourth-order valence-corrected chi connectivity index (χ4v) is 3.56. The van der Waals surface area contributed by atoms with E-state index >= 15 is 0 Å². The van der Waals surface area contributed by atoms with E-state index in [-0.39, 0.29) is 4.90 Å². The molecule has 0 aliphatic heterocycles. The van der Waals surface area contributed by atoms with Gasteiger partial charge in [-0.15, -0.1) is 0 Å². The SMILES string of the molecule is NCCCn1cc(S(=O)(=O)N(CC(F)(F)F)C2CC2)cn1. The largest absolute Gasteiger partial charge is 0.402 e. The lowest BCUT2D eigenvalue weighted by molar-refractivity contribution is -0.137. The molecule has 0 amide bonds. The van der Waals surface area contributed by atoms with Gasteiger partial charge in [0.05, 0.1) is 6.20 Å². The molecule has 0 saturated heterocycles. The molecular formula is C11H17F3N4O2S. The number of aryl methyl sites for hydroxylation is 1. The highest BCUT2D eigenvalue weighted by molar-refractivity contribution is 7.89. The van der Waals surface area contributed by atoms with Crippen molar-refractivity contribution >= 4 is 10.0 Å². The van der Waals surface area contributed by atoms with Crippen molar-refractivity contribution in [3.05, 3.63) is 12.4 Å². The summed E-state index contributed by atoms with van der Waals surface area (Å²) in [5.74, 6) is 0. The fourth-order valence-electron chi connectivity index (χ4n) is 1.94. The second-order valence-corrected chi connectivity index (χ2v) is 6.87. The Bertz CT molecular complexity index is 581. The van der Waals surface area contributed by atoms with E-state index in [2.05, 4.69) is 5.10 Å². The Morgan fingerprint density at radius 3 is 2.62 bits per heavy atom. The smallest absolute Gasteiger partial charge is 0.330 e. The average molecular weight is 326 g/mol. The standard InChI is InChI=1S/C11H17F3N4O2S/c12-11(13,14)8-18(9-2-3-9)21(19,20)10-6-16-17(7-10)5-1-4-15/h6-7,9H,1-5,8,15H2. The van der Waals surface area contributed by atoms with Gasteiger partial charge in [-0.05, 0) is 25.8 Å². The van der Waals surface area contributed by atoms with Crippen LogP contribution >= 0.6 is 0 Å². The Balaban J connectivity index is 2.20. The quantitative estimate of drug-likeness (QED) is 0.809. The third kappa shape index (κ3) is 4.17. The number of hydrogen-bond acceptors (Lipinski definition) is 4. The molecule has 1 aromatic heterocycles. The number of alkyl halides is 3. The van der Waals surface area contributed by atoms with Gasteiger partial charge in [-0.1, -0.05) is 0 Å². The lowest BCUT2D eigenvalue weighted by Crippen LogP contribution is -2.40. The van der Waals surface area contributed by atoms with Crippen LogP contribution in [-0.4, -0.2) is 47.8 Å². The van der Waals surface area contributed by atoms with Crippen LogP contribution in [0.1, 0.15) is 19.3 Å². The van der Waals surface area contributed by atoms with E-state index in [4.69, 9.17) is 5.73 Å². The first-order valence-electron chi connectivity index (χ1n) is 6.55. The van der Waals surface area contributed by atoms with E-state index in [0.29, 0.717) is 36.7 Å². The third-order valence-electron chi connectivity index (χ3n) is 3.10. The van der Waals surface area contributed by atoms with Crippen LogP contribution in [0.2, 0.25) is 0 Å². The Kier molecular flexibility index (Phi) is 4.59. The van der Waals surface area contributed by atoms with Crippen molar-refractivity contribution in [2.75, 3.05) is 13.1 Å². The van der Waals surface area contributed by atoms with Crippen molar-refractivity contribution in [3.63, 3.8) is 0 Å². The van der Waals surface area contributed by atoms with E-state index in [0.717, 1.165) is 6.20 Å². The first-order chi connectivity index (χ1) is 9.74. The van der Waals surface area contributed by atoms with Gasteiger partial charge in [0.2, 0.25) is 10.0 Å². The lowest BCUT2D eigenvalue weighted by atomic mass is 10.4. The van der Waals surface area contributed by atoms with Gasteiger partial charge >= 0.3 is 6.18 Å². The van der Waals surface area contributed by atoms with Crippen LogP contribution in [-0.2, 0) is 16.6 Å². The molecule has 1 aliphatic rings. The number of nitrogens with two attached hydrogens (primary N) is 1. The summed E-state index contributed by atoms with van der Waals surface area (Å²) in [4.78, 5) is -0.212. The Hall–Kier alpha value is -1.13. The lowest BCUT2D eigenvalue weighted by Gasteiger charge is -2.22. The molecule has 0 atom stereocenters. The van der Waals surface area contributed by atoms with Gasteiger partial charge < -0.3 is 5.73 Å². The molecule has 2 N–H and O–H groups in total. The van der Waals surface area contributed by atoms with Crippen LogP contribution in [0.25, 0.3) is 0 Å². The first kappa shape index (κ1) is 16.2. The molecule has 0 bridgehead atoms. The maximum atomic E-state index is 12.6. The molecule has 1 saturated carbocycles. The van der Waals surface area contributed by atoms with Gasteiger partial charge in [0.1, 0.15) is 11.4 Å². The zero-order chi connectivity index (χ0) is 15.7. The predicted molar refractivity (Wildman–Crippen MR) is 68.9 cm³/mol. The van der Waals surface area contributed by atoms with E-state index in [1.165, 1.54) is 10.9 Å². The van der Waals surface area contributed by atoms with Crippen molar-refractivity contribution in [1.82, 2.24) is 14.1 Å². The number of aromatic nitrogens is 2. The molecule has 0 aromatic carbocycles. The van der Waals surface area contributed by atoms with Crippen LogP contribution in [0, 0.1) is 0 Å². The van der Waals surface area contributed by atoms with E-state index in [1.54, 1.807) is 0 Å². The van der Waals surface area contributed by atoms with Crippen molar-refractivity contribution in [2.45, 2.75) is 42.9 Å². The van der Waals surface area contributed by atoms with Gasteiger partial charge in [-0.2, -0.15) is 22.6 Å². The molecule has 2 rings (SSSR count). The molecule has 6 nitrogen and oxygen atoms in total. The second-order valence-electron chi connectivity index (χ2n) is 4.98. The van der Waals surface area contributed by atoms with Gasteiger partial charge in [-0.25, -0.2) is 8.42 Å². The van der Waals surface area contributed by atoms with Crippen LogP contribution in [0.4, 0.5) is 13.2 Å². The maximum Gasteiger partial charge on any atom is 0.402 e. The fraction of sp³-hybridized carbons (Fsp3) is 0.727. The first-order valence-corrected chi connectivity index (χ1v) is 7.99. The van der Waals surface area contributed by atoms with E-state index < -0.39 is 28.8 Å². The van der Waals surface area contributed by atoms with E-state index in [9.17, 15) is 21.6 Å². The van der Waals surface area contributed by atoms with Gasteiger partial charge in [0.25, 0.3) is 0 Å². The second kappa shape index (κ2) is 5.93. The minimum absolute atomic E-state index is 0.212. The molecule has 10 heteroatoms. The van der Waals surface area contributed by atoms with Crippen molar-refractivity contribution < 1.29 is 21.6 Å². The van der Waals surface area contributed by atoms with Crippen LogP contribution in [0.5, 0.6) is 0 Å². The number of nitrogens with zero attached hydrogens (tertiary/aromatic N) is 3. The molecule has 120 valence electrons. The summed E-state index contributed by atoms with van der Waals surface area (Å²) in [6.07, 6.45) is -0.719. The summed E-state index contributed by atoms with van der Waals surface area (Å²) >= 11 is 0. The highest BCUT2D eigenvalue weighted by Gasteiger charge is 2.45. The summed E-state index contributed by atoms with van der Waals surface area (Å²) in [6, 6.07) is -0.566. The van der Waals surface area contributed by atoms with Crippen molar-refractivity contribution in [1.29, 1.82) is 0 Å². The summed E-state index contributed by atoms with van der Waals surface area (Å²) in [5, 5.41) is 3.85. The van der Waals surface area contributed by atoms with Gasteiger partial charge in [0.15, 0.2) is 0 Å². The molecule has 1 fully saturated rings. The minimum Gasteiger partial charge on any atom is -0.330 e. The monoisotopic (exact) mass is 326 g/mol. The maximum absolute atomic E-state index is 12.6. The summed E-state index contributed by atoms with van der Waals surface area (Å²) in [5.41, 5.74) is 5.34. The number of sulfonamides is 1. The van der Waals surface area contributed by atoms with Gasteiger partial charge in [0, 0.05) is 18.8 Å². The molecule has 21 heavy (non-hydrogen) atoms. The molecule has 1 heterocycles. The number of rotatable bonds is 7. The minimum atomic E-state index is -4.56. The molecule has 0 radical (unpaired) electrons. The highest BCUT2D eigenvalue weighted by atomic mass is 32.2. The predicted octanol–water partition coefficient (Wildman–Crippen LogP) is 0.947. The zero-order valence-electron chi connectivity index (χ0n) is 11.3. The zero-order valence-corrected chi connectivity index (χ0v) is 12.1. The van der Waals surface area contributed by atoms with Gasteiger partial charge in [-0.3, -0.25) is 4.68 Å². The molecule has 1 aromatic rings. The number of hydrogen-bond donors (Lipinski definition) is 1. The summed E-state index contributed by atoms with van der Waals surface area (Å²) < 4.78 is 64.3. The molecule has 0 spiro atoms. The Morgan fingerprint density at radius 1 is 1.43 bits per heavy atom. The van der Waals surface area contributed by atoms with E-state index in [1.807, 2.05) is 0 Å². The topological polar surface area (TPSA) is 81.2 Å². The molecule has 0 unspecified atom stereocenters. The Morgan fingerprint density at radius 2 is 2.10 bits per heavy atom. The molecule has 1 aliphatic carbocycles. The van der Waals surface area contributed by atoms with Crippen molar-refractivity contribution in [2.24, 2.45) is 5.73 Å². The third-order valence-corrected chi connectivity index (χ3v) is 4.95. The number of halogens is 3. The molecular weight excluding hydrogens is 309 g/mol. The van der Waals surface area contributed by atoms with Crippen LogP contribution in [0.3, 0.4) is 0 Å².